The van der Waals surface area contributed by atoms with E-state index in [0.717, 1.165) is 12.8 Å². The van der Waals surface area contributed by atoms with Crippen molar-refractivity contribution >= 4 is 5.97 Å². The van der Waals surface area contributed by atoms with Gasteiger partial charge >= 0.3 is 5.97 Å². The van der Waals surface area contributed by atoms with Crippen LogP contribution in [-0.2, 0) is 16.0 Å². The highest BCUT2D eigenvalue weighted by Crippen LogP contribution is 2.13. The number of carbonyl (C=O) groups is 1. The highest BCUT2D eigenvalue weighted by Gasteiger charge is 2.12. The van der Waals surface area contributed by atoms with Gasteiger partial charge < -0.3 is 10.5 Å². The second kappa shape index (κ2) is 7.54. The first kappa shape index (κ1) is 14.3. The SMILES string of the molecule is CCOC(=O)/C(CCCc1ccccc1)=C(\C)N. The van der Waals surface area contributed by atoms with Gasteiger partial charge in [0.05, 0.1) is 12.2 Å². The number of benzene rings is 1. The van der Waals surface area contributed by atoms with Crippen molar-refractivity contribution in [3.8, 4) is 0 Å². The third-order valence-corrected chi connectivity index (χ3v) is 2.73. The van der Waals surface area contributed by atoms with Gasteiger partial charge in [0, 0.05) is 5.70 Å². The third-order valence-electron chi connectivity index (χ3n) is 2.73. The Balaban J connectivity index is 2.50. The molecule has 3 nitrogen and oxygen atoms in total. The Morgan fingerprint density at radius 3 is 2.50 bits per heavy atom. The number of aryl methyl sites for hydroxylation is 1. The van der Waals surface area contributed by atoms with Crippen LogP contribution in [-0.4, -0.2) is 12.6 Å². The van der Waals surface area contributed by atoms with Crippen LogP contribution >= 0.6 is 0 Å². The molecule has 0 atom stereocenters. The van der Waals surface area contributed by atoms with Gasteiger partial charge in [0.2, 0.25) is 0 Å². The second-order valence-electron chi connectivity index (χ2n) is 4.22. The van der Waals surface area contributed by atoms with Crippen molar-refractivity contribution in [1.29, 1.82) is 0 Å². The van der Waals surface area contributed by atoms with E-state index in [9.17, 15) is 4.79 Å². The molecular formula is C15H21NO2. The lowest BCUT2D eigenvalue weighted by atomic mass is 10.0. The van der Waals surface area contributed by atoms with Gasteiger partial charge in [0.1, 0.15) is 0 Å². The van der Waals surface area contributed by atoms with Crippen molar-refractivity contribution in [2.45, 2.75) is 33.1 Å². The second-order valence-corrected chi connectivity index (χ2v) is 4.22. The van der Waals surface area contributed by atoms with E-state index in [0.29, 0.717) is 24.3 Å². The van der Waals surface area contributed by atoms with Gasteiger partial charge in [-0.1, -0.05) is 30.3 Å². The Labute approximate surface area is 109 Å². The first-order chi connectivity index (χ1) is 8.65. The van der Waals surface area contributed by atoms with Gasteiger partial charge in [0.25, 0.3) is 0 Å². The van der Waals surface area contributed by atoms with E-state index in [4.69, 9.17) is 10.5 Å². The van der Waals surface area contributed by atoms with Crippen LogP contribution in [0.4, 0.5) is 0 Å². The monoisotopic (exact) mass is 247 g/mol. The minimum atomic E-state index is -0.287. The molecule has 1 aromatic carbocycles. The van der Waals surface area contributed by atoms with Crippen molar-refractivity contribution in [2.75, 3.05) is 6.61 Å². The van der Waals surface area contributed by atoms with Crippen LogP contribution in [0.3, 0.4) is 0 Å². The Morgan fingerprint density at radius 2 is 1.94 bits per heavy atom. The lowest BCUT2D eigenvalue weighted by Crippen LogP contribution is -2.13. The predicted octanol–water partition coefficient (Wildman–Crippen LogP) is 2.81. The standard InChI is InChI=1S/C15H21NO2/c1-3-18-15(17)14(12(2)16)11-7-10-13-8-5-4-6-9-13/h4-6,8-9H,3,7,10-11,16H2,1-2H3/b14-12+. The van der Waals surface area contributed by atoms with Crippen molar-refractivity contribution in [2.24, 2.45) is 5.73 Å². The van der Waals surface area contributed by atoms with E-state index >= 15 is 0 Å². The molecule has 0 aromatic heterocycles. The maximum atomic E-state index is 11.7. The van der Waals surface area contributed by atoms with Gasteiger partial charge in [0.15, 0.2) is 0 Å². The first-order valence-electron chi connectivity index (χ1n) is 6.31. The number of rotatable bonds is 6. The van der Waals surface area contributed by atoms with Crippen LogP contribution in [0.25, 0.3) is 0 Å². The first-order valence-corrected chi connectivity index (χ1v) is 6.31. The van der Waals surface area contributed by atoms with E-state index < -0.39 is 0 Å². The zero-order valence-corrected chi connectivity index (χ0v) is 11.1. The van der Waals surface area contributed by atoms with Crippen molar-refractivity contribution in [1.82, 2.24) is 0 Å². The lowest BCUT2D eigenvalue weighted by molar-refractivity contribution is -0.138. The molecule has 0 saturated heterocycles. The summed E-state index contributed by atoms with van der Waals surface area (Å²) in [6.07, 6.45) is 2.50. The Kier molecular flexibility index (Phi) is 5.98. The highest BCUT2D eigenvalue weighted by atomic mass is 16.5. The molecule has 0 aliphatic rings. The number of allylic oxidation sites excluding steroid dienone is 1. The molecular weight excluding hydrogens is 226 g/mol. The van der Waals surface area contributed by atoms with E-state index in [-0.39, 0.29) is 5.97 Å². The zero-order valence-electron chi connectivity index (χ0n) is 11.1. The molecule has 0 unspecified atom stereocenters. The number of hydrogen-bond acceptors (Lipinski definition) is 3. The number of ether oxygens (including phenoxy) is 1. The molecule has 3 heteroatoms. The normalized spacial score (nSPS) is 11.9. The fourth-order valence-corrected chi connectivity index (χ4v) is 1.79. The van der Waals surface area contributed by atoms with Crippen LogP contribution in [0.1, 0.15) is 32.3 Å². The highest BCUT2D eigenvalue weighted by molar-refractivity contribution is 5.89. The average Bonchev–Trinajstić information content (AvgIpc) is 2.35. The van der Waals surface area contributed by atoms with Crippen LogP contribution in [0.2, 0.25) is 0 Å². The van der Waals surface area contributed by atoms with E-state index in [1.165, 1.54) is 5.56 Å². The lowest BCUT2D eigenvalue weighted by Gasteiger charge is -2.08. The molecule has 1 aromatic rings. The molecule has 0 heterocycles. The summed E-state index contributed by atoms with van der Waals surface area (Å²) in [7, 11) is 0. The van der Waals surface area contributed by atoms with Crippen molar-refractivity contribution in [3.63, 3.8) is 0 Å². The van der Waals surface area contributed by atoms with E-state index in [2.05, 4.69) is 12.1 Å². The summed E-state index contributed by atoms with van der Waals surface area (Å²) in [5, 5.41) is 0. The van der Waals surface area contributed by atoms with Gasteiger partial charge in [-0.3, -0.25) is 0 Å². The quantitative estimate of drug-likeness (QED) is 0.621. The molecule has 18 heavy (non-hydrogen) atoms. The summed E-state index contributed by atoms with van der Waals surface area (Å²) in [6.45, 7) is 3.93. The number of carbonyl (C=O) groups excluding carboxylic acids is 1. The summed E-state index contributed by atoms with van der Waals surface area (Å²) in [5.74, 6) is -0.287. The molecule has 0 bridgehead atoms. The molecule has 0 fully saturated rings. The fraction of sp³-hybridized carbons (Fsp3) is 0.400. The maximum Gasteiger partial charge on any atom is 0.335 e. The summed E-state index contributed by atoms with van der Waals surface area (Å²) in [4.78, 5) is 11.7. The summed E-state index contributed by atoms with van der Waals surface area (Å²) in [5.41, 5.74) is 8.16. The molecule has 0 aliphatic carbocycles. The molecule has 98 valence electrons. The smallest absolute Gasteiger partial charge is 0.335 e. The number of hydrogen-bond donors (Lipinski definition) is 1. The maximum absolute atomic E-state index is 11.7. The van der Waals surface area contributed by atoms with Crippen LogP contribution < -0.4 is 5.73 Å². The summed E-state index contributed by atoms with van der Waals surface area (Å²) < 4.78 is 4.99. The minimum absolute atomic E-state index is 0.287. The van der Waals surface area contributed by atoms with Crippen molar-refractivity contribution < 1.29 is 9.53 Å². The Hall–Kier alpha value is -1.77. The van der Waals surface area contributed by atoms with Crippen molar-refractivity contribution in [3.05, 3.63) is 47.2 Å². The summed E-state index contributed by atoms with van der Waals surface area (Å²) >= 11 is 0. The number of esters is 1. The molecule has 0 amide bonds. The molecule has 0 radical (unpaired) electrons. The van der Waals surface area contributed by atoms with Gasteiger partial charge in [-0.2, -0.15) is 0 Å². The van der Waals surface area contributed by atoms with Gasteiger partial charge in [-0.25, -0.2) is 4.79 Å². The zero-order chi connectivity index (χ0) is 13.4. The molecule has 0 saturated carbocycles. The van der Waals surface area contributed by atoms with Gasteiger partial charge in [-0.15, -0.1) is 0 Å². The Bertz CT molecular complexity index is 406. The minimum Gasteiger partial charge on any atom is -0.463 e. The summed E-state index contributed by atoms with van der Waals surface area (Å²) in [6, 6.07) is 10.2. The molecule has 0 aliphatic heterocycles. The van der Waals surface area contributed by atoms with Crippen LogP contribution in [0.15, 0.2) is 41.6 Å². The largest absolute Gasteiger partial charge is 0.463 e. The fourth-order valence-electron chi connectivity index (χ4n) is 1.79. The number of nitrogens with two attached hydrogens (primary N) is 1. The molecule has 0 spiro atoms. The van der Waals surface area contributed by atoms with Gasteiger partial charge in [-0.05, 0) is 38.7 Å². The topological polar surface area (TPSA) is 52.3 Å². The Morgan fingerprint density at radius 1 is 1.28 bits per heavy atom. The van der Waals surface area contributed by atoms with Crippen LogP contribution in [0, 0.1) is 0 Å². The van der Waals surface area contributed by atoms with E-state index in [1.54, 1.807) is 13.8 Å². The van der Waals surface area contributed by atoms with Crippen LogP contribution in [0.5, 0.6) is 0 Å². The predicted molar refractivity (Wildman–Crippen MR) is 72.9 cm³/mol. The molecule has 2 N–H and O–H groups in total. The molecule has 1 rings (SSSR count). The van der Waals surface area contributed by atoms with E-state index in [1.807, 2.05) is 18.2 Å². The average molecular weight is 247 g/mol. The third kappa shape index (κ3) is 4.62.